The molecule has 0 saturated heterocycles. The van der Waals surface area contributed by atoms with Crippen LogP contribution in [0.3, 0.4) is 0 Å². The molecule has 10 nitrogen and oxygen atoms in total. The summed E-state index contributed by atoms with van der Waals surface area (Å²) in [7, 11) is 1.53. The molecule has 3 N–H and O–H groups in total. The van der Waals surface area contributed by atoms with Crippen molar-refractivity contribution in [3.8, 4) is 22.8 Å². The monoisotopic (exact) mass is 430 g/mol. The average Bonchev–Trinajstić information content (AvgIpc) is 3.29. The molecule has 0 aliphatic carbocycles. The Kier molecular flexibility index (Phi) is 6.03. The highest BCUT2D eigenvalue weighted by Gasteiger charge is 2.11. The van der Waals surface area contributed by atoms with Crippen molar-refractivity contribution < 1.29 is 18.7 Å². The number of oxazole rings is 1. The van der Waals surface area contributed by atoms with E-state index in [4.69, 9.17) is 9.15 Å². The van der Waals surface area contributed by atoms with Gasteiger partial charge in [0.05, 0.1) is 6.20 Å². The van der Waals surface area contributed by atoms with Crippen LogP contribution in [-0.4, -0.2) is 33.9 Å². The number of ether oxygens (including phenoxy) is 1. The van der Waals surface area contributed by atoms with Crippen molar-refractivity contribution in [3.05, 3.63) is 79.0 Å². The van der Waals surface area contributed by atoms with E-state index in [1.807, 2.05) is 6.07 Å². The molecule has 0 atom stereocenters. The van der Waals surface area contributed by atoms with Crippen LogP contribution in [0.5, 0.6) is 11.5 Å². The van der Waals surface area contributed by atoms with Gasteiger partial charge in [-0.2, -0.15) is 0 Å². The third-order valence-corrected chi connectivity index (χ3v) is 4.21. The third kappa shape index (κ3) is 5.05. The Balaban J connectivity index is 1.34. The molecular formula is C22H18N6O4. The van der Waals surface area contributed by atoms with Gasteiger partial charge in [-0.25, -0.2) is 9.78 Å². The van der Waals surface area contributed by atoms with Crippen LogP contribution in [0.1, 0.15) is 10.5 Å². The lowest BCUT2D eigenvalue weighted by molar-refractivity contribution is 0.0958. The van der Waals surface area contributed by atoms with Crippen molar-refractivity contribution in [2.24, 2.45) is 0 Å². The van der Waals surface area contributed by atoms with Gasteiger partial charge in [0, 0.05) is 43.0 Å². The van der Waals surface area contributed by atoms with E-state index in [0.717, 1.165) is 5.56 Å². The predicted molar refractivity (Wildman–Crippen MR) is 117 cm³/mol. The minimum atomic E-state index is -0.511. The molecule has 0 aliphatic rings. The smallest absolute Gasteiger partial charge is 0.327 e. The normalized spacial score (nSPS) is 10.3. The zero-order valence-electron chi connectivity index (χ0n) is 16.9. The fourth-order valence-corrected chi connectivity index (χ4v) is 2.70. The highest BCUT2D eigenvalue weighted by Crippen LogP contribution is 2.24. The van der Waals surface area contributed by atoms with E-state index in [-0.39, 0.29) is 17.6 Å². The average molecular weight is 430 g/mol. The summed E-state index contributed by atoms with van der Waals surface area (Å²) >= 11 is 0. The molecule has 0 aliphatic heterocycles. The van der Waals surface area contributed by atoms with Crippen LogP contribution in [-0.2, 0) is 0 Å². The number of nitrogens with zero attached hydrogens (tertiary/aromatic N) is 3. The Morgan fingerprint density at radius 1 is 0.938 bits per heavy atom. The van der Waals surface area contributed by atoms with Gasteiger partial charge in [-0.15, -0.1) is 0 Å². The molecular weight excluding hydrogens is 412 g/mol. The Morgan fingerprint density at radius 2 is 1.78 bits per heavy atom. The minimum absolute atomic E-state index is 0.0610. The maximum atomic E-state index is 12.2. The first-order valence-corrected chi connectivity index (χ1v) is 9.51. The molecule has 0 bridgehead atoms. The summed E-state index contributed by atoms with van der Waals surface area (Å²) in [5.74, 6) is 1.18. The molecule has 160 valence electrons. The maximum absolute atomic E-state index is 12.2. The summed E-state index contributed by atoms with van der Waals surface area (Å²) in [6.45, 7) is 0. The van der Waals surface area contributed by atoms with Crippen LogP contribution in [0, 0.1) is 0 Å². The second-order valence-corrected chi connectivity index (χ2v) is 6.43. The van der Waals surface area contributed by atoms with Gasteiger partial charge in [0.1, 0.15) is 17.2 Å². The topological polar surface area (TPSA) is 131 Å². The first-order chi connectivity index (χ1) is 15.6. The van der Waals surface area contributed by atoms with Crippen molar-refractivity contribution >= 4 is 23.6 Å². The van der Waals surface area contributed by atoms with Gasteiger partial charge < -0.3 is 19.8 Å². The number of amides is 3. The van der Waals surface area contributed by atoms with E-state index in [9.17, 15) is 9.59 Å². The number of urea groups is 1. The maximum Gasteiger partial charge on any atom is 0.327 e. The Hall–Kier alpha value is -4.73. The number of aromatic nitrogens is 3. The van der Waals surface area contributed by atoms with Crippen LogP contribution >= 0.6 is 0 Å². The lowest BCUT2D eigenvalue weighted by Gasteiger charge is -2.09. The van der Waals surface area contributed by atoms with Crippen LogP contribution in [0.15, 0.2) is 77.7 Å². The molecule has 0 unspecified atom stereocenters. The Bertz CT molecular complexity index is 1220. The molecule has 3 heterocycles. The highest BCUT2D eigenvalue weighted by atomic mass is 16.5. The molecule has 3 amide bonds. The molecule has 0 saturated carbocycles. The van der Waals surface area contributed by atoms with Crippen LogP contribution < -0.4 is 20.7 Å². The van der Waals surface area contributed by atoms with E-state index in [1.165, 1.54) is 25.5 Å². The van der Waals surface area contributed by atoms with Gasteiger partial charge in [0.2, 0.25) is 0 Å². The largest absolute Gasteiger partial charge is 0.457 e. The number of nitrogens with one attached hydrogen (secondary N) is 3. The summed E-state index contributed by atoms with van der Waals surface area (Å²) in [5, 5.41) is 7.72. The number of hydrogen-bond donors (Lipinski definition) is 3. The zero-order valence-corrected chi connectivity index (χ0v) is 16.9. The summed E-state index contributed by atoms with van der Waals surface area (Å²) in [6, 6.07) is 13.0. The predicted octanol–water partition coefficient (Wildman–Crippen LogP) is 3.93. The number of hydrogen-bond acceptors (Lipinski definition) is 7. The SMILES string of the molecule is CNC(=O)c1cc(Oc2ccc(NC(=O)Nc3ncc(-c4cccnc4)o3)cc2)ccn1. The molecule has 4 aromatic rings. The quantitative estimate of drug-likeness (QED) is 0.422. The minimum Gasteiger partial charge on any atom is -0.457 e. The van der Waals surface area contributed by atoms with Crippen molar-refractivity contribution in [3.63, 3.8) is 0 Å². The molecule has 0 fully saturated rings. The van der Waals surface area contributed by atoms with E-state index in [0.29, 0.717) is 22.9 Å². The number of carbonyl (C=O) groups excluding carboxylic acids is 2. The van der Waals surface area contributed by atoms with E-state index >= 15 is 0 Å². The molecule has 32 heavy (non-hydrogen) atoms. The van der Waals surface area contributed by atoms with Crippen LogP contribution in [0.2, 0.25) is 0 Å². The highest BCUT2D eigenvalue weighted by molar-refractivity contribution is 5.98. The molecule has 1 aromatic carbocycles. The van der Waals surface area contributed by atoms with Crippen molar-refractivity contribution in [1.29, 1.82) is 0 Å². The molecule has 0 radical (unpaired) electrons. The van der Waals surface area contributed by atoms with Crippen molar-refractivity contribution in [1.82, 2.24) is 20.3 Å². The van der Waals surface area contributed by atoms with Crippen LogP contribution in [0.4, 0.5) is 16.5 Å². The third-order valence-electron chi connectivity index (χ3n) is 4.21. The molecule has 0 spiro atoms. The summed E-state index contributed by atoms with van der Waals surface area (Å²) in [6.07, 6.45) is 6.29. The molecule has 10 heteroatoms. The number of anilines is 2. The van der Waals surface area contributed by atoms with Crippen molar-refractivity contribution in [2.45, 2.75) is 0 Å². The second kappa shape index (κ2) is 9.39. The van der Waals surface area contributed by atoms with Gasteiger partial charge in [0.25, 0.3) is 5.91 Å². The molecule has 4 rings (SSSR count). The van der Waals surface area contributed by atoms with Gasteiger partial charge in [-0.1, -0.05) is 0 Å². The number of rotatable bonds is 6. The summed E-state index contributed by atoms with van der Waals surface area (Å²) in [5.41, 5.74) is 1.54. The van der Waals surface area contributed by atoms with Gasteiger partial charge >= 0.3 is 12.0 Å². The van der Waals surface area contributed by atoms with E-state index in [2.05, 4.69) is 30.9 Å². The summed E-state index contributed by atoms with van der Waals surface area (Å²) < 4.78 is 11.3. The van der Waals surface area contributed by atoms with Crippen molar-refractivity contribution in [2.75, 3.05) is 17.7 Å². The number of pyridine rings is 2. The summed E-state index contributed by atoms with van der Waals surface area (Å²) in [4.78, 5) is 36.0. The van der Waals surface area contributed by atoms with Crippen LogP contribution in [0.25, 0.3) is 11.3 Å². The first-order valence-electron chi connectivity index (χ1n) is 9.51. The first kappa shape index (κ1) is 20.5. The lowest BCUT2D eigenvalue weighted by Crippen LogP contribution is -2.19. The zero-order chi connectivity index (χ0) is 22.3. The van der Waals surface area contributed by atoms with E-state index < -0.39 is 6.03 Å². The van der Waals surface area contributed by atoms with Gasteiger partial charge in [-0.05, 0) is 42.5 Å². The standard InChI is InChI=1S/C22H18N6O4/c1-23-20(29)18-11-17(8-10-25-18)31-16-6-4-15(5-7-16)27-21(30)28-22-26-13-19(32-22)14-3-2-9-24-12-14/h2-13H,1H3,(H,23,29)(H2,26,27,28,30). The fraction of sp³-hybridized carbons (Fsp3) is 0.0455. The number of carbonyl (C=O) groups is 2. The Labute approximate surface area is 182 Å². The van der Waals surface area contributed by atoms with E-state index in [1.54, 1.807) is 48.8 Å². The number of benzene rings is 1. The molecule has 3 aromatic heterocycles. The lowest BCUT2D eigenvalue weighted by atomic mass is 10.2. The second-order valence-electron chi connectivity index (χ2n) is 6.43. The van der Waals surface area contributed by atoms with Gasteiger partial charge in [-0.3, -0.25) is 20.1 Å². The van der Waals surface area contributed by atoms with Gasteiger partial charge in [0.15, 0.2) is 5.76 Å². The fourth-order valence-electron chi connectivity index (χ4n) is 2.70. The Morgan fingerprint density at radius 3 is 2.53 bits per heavy atom.